The van der Waals surface area contributed by atoms with Crippen molar-refractivity contribution in [1.29, 1.82) is 0 Å². The molecule has 0 spiro atoms. The van der Waals surface area contributed by atoms with Crippen LogP contribution in [0.4, 0.5) is 0 Å². The van der Waals surface area contributed by atoms with Crippen molar-refractivity contribution in [1.82, 2.24) is 10.4 Å². The van der Waals surface area contributed by atoms with E-state index in [1.165, 1.54) is 36.4 Å². The Morgan fingerprint density at radius 2 is 1.80 bits per heavy atom. The first-order chi connectivity index (χ1) is 16.8. The fourth-order valence-corrected chi connectivity index (χ4v) is 7.85. The topological polar surface area (TPSA) is 99.9 Å². The van der Waals surface area contributed by atoms with Crippen LogP contribution in [0.2, 0.25) is 0 Å². The quantitative estimate of drug-likeness (QED) is 0.428. The molecule has 0 radical (unpaired) electrons. The molecule has 4 aliphatic carbocycles. The number of nitrogens with zero attached hydrogens (tertiary/aromatic N) is 1. The second-order valence-electron chi connectivity index (χ2n) is 10.2. The molecule has 2 aromatic rings. The first-order valence-electron chi connectivity index (χ1n) is 11.8. The van der Waals surface area contributed by atoms with Gasteiger partial charge in [-0.2, -0.15) is 5.01 Å². The monoisotopic (exact) mass is 508 g/mol. The molecule has 5 aliphatic rings. The lowest BCUT2D eigenvalue weighted by Crippen LogP contribution is -2.57. The van der Waals surface area contributed by atoms with E-state index < -0.39 is 5.97 Å². The first kappa shape index (κ1) is 22.5. The van der Waals surface area contributed by atoms with Gasteiger partial charge in [0, 0.05) is 11.6 Å². The van der Waals surface area contributed by atoms with Gasteiger partial charge in [-0.05, 0) is 92.8 Å². The van der Waals surface area contributed by atoms with Crippen molar-refractivity contribution in [2.24, 2.45) is 23.2 Å². The zero-order valence-electron chi connectivity index (χ0n) is 18.9. The molecule has 1 saturated heterocycles. The fourth-order valence-electron chi connectivity index (χ4n) is 6.69. The van der Waals surface area contributed by atoms with Crippen molar-refractivity contribution in [3.05, 3.63) is 52.6 Å². The third-order valence-electron chi connectivity index (χ3n) is 7.82. The highest BCUT2D eigenvalue weighted by molar-refractivity contribution is 8.26. The van der Waals surface area contributed by atoms with Gasteiger partial charge >= 0.3 is 5.97 Å². The number of hydrazine groups is 1. The number of carboxylic acid groups (broad SMARTS) is 1. The van der Waals surface area contributed by atoms with Crippen molar-refractivity contribution in [3.8, 4) is 11.3 Å². The summed E-state index contributed by atoms with van der Waals surface area (Å²) < 4.78 is 6.14. The van der Waals surface area contributed by atoms with Crippen molar-refractivity contribution in [3.63, 3.8) is 0 Å². The average Bonchev–Trinajstić information content (AvgIpc) is 3.38. The van der Waals surface area contributed by atoms with E-state index in [1.54, 1.807) is 30.3 Å². The number of carbonyl (C=O) groups excluding carboxylic acids is 2. The molecule has 2 heterocycles. The van der Waals surface area contributed by atoms with Crippen LogP contribution in [0, 0.1) is 23.2 Å². The lowest BCUT2D eigenvalue weighted by atomic mass is 9.49. The number of carbonyl (C=O) groups is 3. The van der Waals surface area contributed by atoms with Gasteiger partial charge in [0.2, 0.25) is 5.91 Å². The van der Waals surface area contributed by atoms with Crippen LogP contribution in [-0.4, -0.2) is 32.2 Å². The third-order valence-corrected chi connectivity index (χ3v) is 9.12. The maximum atomic E-state index is 13.4. The molecule has 0 unspecified atom stereocenters. The fraction of sp³-hybridized carbons (Fsp3) is 0.385. The highest BCUT2D eigenvalue weighted by Gasteiger charge is 2.55. The number of carboxylic acids is 1. The zero-order chi connectivity index (χ0) is 24.3. The Balaban J connectivity index is 1.18. The number of amides is 2. The van der Waals surface area contributed by atoms with Gasteiger partial charge in [-0.15, -0.1) is 0 Å². The van der Waals surface area contributed by atoms with Gasteiger partial charge in [0.25, 0.3) is 5.91 Å². The van der Waals surface area contributed by atoms with E-state index in [0.29, 0.717) is 44.1 Å². The molecule has 1 aliphatic heterocycles. The van der Waals surface area contributed by atoms with E-state index in [9.17, 15) is 19.5 Å². The normalized spacial score (nSPS) is 30.3. The Labute approximate surface area is 211 Å². The molecule has 7 nitrogen and oxygen atoms in total. The smallest absolute Gasteiger partial charge is 0.335 e. The predicted molar refractivity (Wildman–Crippen MR) is 135 cm³/mol. The van der Waals surface area contributed by atoms with Gasteiger partial charge in [0.15, 0.2) is 4.32 Å². The van der Waals surface area contributed by atoms with Crippen molar-refractivity contribution >= 4 is 52.2 Å². The second kappa shape index (κ2) is 8.34. The molecule has 0 atom stereocenters. The molecule has 1 aromatic carbocycles. The average molecular weight is 509 g/mol. The van der Waals surface area contributed by atoms with Crippen LogP contribution in [0.1, 0.15) is 54.6 Å². The number of thioether (sulfide) groups is 1. The number of benzene rings is 1. The largest absolute Gasteiger partial charge is 0.478 e. The van der Waals surface area contributed by atoms with E-state index in [2.05, 4.69) is 5.43 Å². The SMILES string of the molecule is O=C(O)c1cccc(-c2ccc(/C=C3/SC(=S)N(NC(=O)C45CC6CC(CC(C6)C4)C5)C3=O)o2)c1. The summed E-state index contributed by atoms with van der Waals surface area (Å²) in [4.78, 5) is 38.1. The number of nitrogens with one attached hydrogen (secondary N) is 1. The molecule has 4 bridgehead atoms. The number of thiocarbonyl (C=S) groups is 1. The van der Waals surface area contributed by atoms with E-state index >= 15 is 0 Å². The molecular weight excluding hydrogens is 484 g/mol. The maximum absolute atomic E-state index is 13.4. The molecule has 7 rings (SSSR count). The summed E-state index contributed by atoms with van der Waals surface area (Å²) in [5.41, 5.74) is 3.27. The summed E-state index contributed by atoms with van der Waals surface area (Å²) in [7, 11) is 0. The van der Waals surface area contributed by atoms with E-state index in [0.717, 1.165) is 31.0 Å². The Hall–Kier alpha value is -2.91. The third kappa shape index (κ3) is 4.00. The van der Waals surface area contributed by atoms with Crippen LogP contribution < -0.4 is 5.43 Å². The van der Waals surface area contributed by atoms with Crippen LogP contribution in [0.15, 0.2) is 45.7 Å². The molecular formula is C26H24N2O5S2. The van der Waals surface area contributed by atoms with Crippen molar-refractivity contribution < 1.29 is 23.9 Å². The molecule has 9 heteroatoms. The number of aromatic carboxylic acids is 1. The van der Waals surface area contributed by atoms with Crippen LogP contribution in [-0.2, 0) is 9.59 Å². The molecule has 5 fully saturated rings. The van der Waals surface area contributed by atoms with Gasteiger partial charge in [-0.25, -0.2) is 4.79 Å². The Kier molecular flexibility index (Phi) is 5.37. The summed E-state index contributed by atoms with van der Waals surface area (Å²) in [6.45, 7) is 0. The summed E-state index contributed by atoms with van der Waals surface area (Å²) in [6.07, 6.45) is 8.04. The van der Waals surface area contributed by atoms with Crippen LogP contribution in [0.25, 0.3) is 17.4 Å². The molecule has 2 N–H and O–H groups in total. The molecule has 180 valence electrons. The number of furan rings is 1. The molecule has 4 saturated carbocycles. The van der Waals surface area contributed by atoms with Gasteiger partial charge in [0.05, 0.1) is 15.9 Å². The second-order valence-corrected chi connectivity index (χ2v) is 11.9. The number of hydrogen-bond acceptors (Lipinski definition) is 6. The molecule has 2 amide bonds. The summed E-state index contributed by atoms with van der Waals surface area (Å²) >= 11 is 6.54. The lowest BCUT2D eigenvalue weighted by Gasteiger charge is -2.55. The predicted octanol–water partition coefficient (Wildman–Crippen LogP) is 5.09. The number of hydrogen-bond donors (Lipinski definition) is 2. The van der Waals surface area contributed by atoms with E-state index in [4.69, 9.17) is 16.6 Å². The number of rotatable bonds is 5. The van der Waals surface area contributed by atoms with Crippen LogP contribution in [0.5, 0.6) is 0 Å². The highest BCUT2D eigenvalue weighted by atomic mass is 32.2. The van der Waals surface area contributed by atoms with Gasteiger partial charge in [-0.1, -0.05) is 23.9 Å². The van der Waals surface area contributed by atoms with Gasteiger partial charge in [-0.3, -0.25) is 15.0 Å². The molecule has 35 heavy (non-hydrogen) atoms. The summed E-state index contributed by atoms with van der Waals surface area (Å²) in [5, 5.41) is 10.4. The lowest BCUT2D eigenvalue weighted by molar-refractivity contribution is -0.152. The minimum Gasteiger partial charge on any atom is -0.478 e. The zero-order valence-corrected chi connectivity index (χ0v) is 20.5. The minimum atomic E-state index is -1.02. The van der Waals surface area contributed by atoms with Gasteiger partial charge in [0.1, 0.15) is 11.5 Å². The van der Waals surface area contributed by atoms with Crippen molar-refractivity contribution in [2.75, 3.05) is 0 Å². The Morgan fingerprint density at radius 1 is 1.11 bits per heavy atom. The minimum absolute atomic E-state index is 0.0762. The first-order valence-corrected chi connectivity index (χ1v) is 13.0. The Morgan fingerprint density at radius 3 is 2.46 bits per heavy atom. The molecule has 1 aromatic heterocycles. The maximum Gasteiger partial charge on any atom is 0.335 e. The highest BCUT2D eigenvalue weighted by Crippen LogP contribution is 2.60. The van der Waals surface area contributed by atoms with E-state index in [-0.39, 0.29) is 22.8 Å². The Bertz CT molecular complexity index is 1260. The van der Waals surface area contributed by atoms with Gasteiger partial charge < -0.3 is 9.52 Å². The van der Waals surface area contributed by atoms with Crippen LogP contribution in [0.3, 0.4) is 0 Å². The van der Waals surface area contributed by atoms with Crippen LogP contribution >= 0.6 is 24.0 Å². The van der Waals surface area contributed by atoms with E-state index in [1.807, 2.05) is 0 Å². The summed E-state index contributed by atoms with van der Waals surface area (Å²) in [5.74, 6) is 1.35. The summed E-state index contributed by atoms with van der Waals surface area (Å²) in [6, 6.07) is 9.89. The standard InChI is InChI=1S/C26H24N2O5S2/c29-22-21(10-19-4-5-20(33-19)17-2-1-3-18(9-17)23(30)31)35-25(34)28(22)27-24(32)26-11-14-6-15(12-26)8-16(7-14)13-26/h1-5,9-10,14-16H,6-8,11-13H2,(H,27,32)(H,30,31)/b21-10+. The van der Waals surface area contributed by atoms with Crippen molar-refractivity contribution in [2.45, 2.75) is 38.5 Å².